The summed E-state index contributed by atoms with van der Waals surface area (Å²) in [6, 6.07) is 25.5. The first-order chi connectivity index (χ1) is 18.0. The Hall–Kier alpha value is -4.19. The molecule has 0 aliphatic carbocycles. The highest BCUT2D eigenvalue weighted by Gasteiger charge is 2.25. The number of nitrogens with one attached hydrogen (secondary N) is 1. The van der Waals surface area contributed by atoms with Crippen LogP contribution in [-0.2, 0) is 4.79 Å². The van der Waals surface area contributed by atoms with Crippen molar-refractivity contribution in [3.63, 3.8) is 0 Å². The van der Waals surface area contributed by atoms with Crippen LogP contribution in [0.4, 0.5) is 5.69 Å². The van der Waals surface area contributed by atoms with Crippen molar-refractivity contribution in [2.45, 2.75) is 38.1 Å². The maximum atomic E-state index is 13.3. The fourth-order valence-electron chi connectivity index (χ4n) is 5.02. The number of rotatable bonds is 6. The highest BCUT2D eigenvalue weighted by atomic mass is 16.4. The zero-order valence-electron chi connectivity index (χ0n) is 20.9. The van der Waals surface area contributed by atoms with E-state index in [-0.39, 0.29) is 23.4 Å². The first kappa shape index (κ1) is 24.5. The topological polar surface area (TPSA) is 79.6 Å². The van der Waals surface area contributed by atoms with Crippen LogP contribution < -0.4 is 15.8 Å². The predicted octanol–water partition coefficient (Wildman–Crippen LogP) is 5.30. The van der Waals surface area contributed by atoms with Crippen LogP contribution in [-0.4, -0.2) is 30.8 Å². The van der Waals surface area contributed by atoms with Crippen molar-refractivity contribution in [1.82, 2.24) is 5.32 Å². The van der Waals surface area contributed by atoms with Crippen LogP contribution in [0.3, 0.4) is 0 Å². The number of nitrogens with zero attached hydrogens (tertiary/aromatic N) is 1. The van der Waals surface area contributed by atoms with Crippen molar-refractivity contribution in [3.05, 3.63) is 112 Å². The molecule has 2 heterocycles. The molecule has 1 saturated heterocycles. The monoisotopic (exact) mass is 494 g/mol. The molecule has 1 aromatic heterocycles. The molecular weight excluding hydrogens is 464 g/mol. The van der Waals surface area contributed by atoms with Gasteiger partial charge in [0.2, 0.25) is 5.91 Å². The Bertz CT molecular complexity index is 1480. The summed E-state index contributed by atoms with van der Waals surface area (Å²) in [5.41, 5.74) is 3.02. The van der Waals surface area contributed by atoms with Crippen LogP contribution in [0.2, 0.25) is 0 Å². The average Bonchev–Trinajstić information content (AvgIpc) is 3.17. The summed E-state index contributed by atoms with van der Waals surface area (Å²) < 4.78 is 5.37. The van der Waals surface area contributed by atoms with Gasteiger partial charge >= 0.3 is 5.63 Å². The van der Waals surface area contributed by atoms with Gasteiger partial charge in [-0.05, 0) is 49.9 Å². The molecule has 2 atom stereocenters. The van der Waals surface area contributed by atoms with Crippen molar-refractivity contribution in [2.75, 3.05) is 18.0 Å². The first-order valence-corrected chi connectivity index (χ1v) is 12.8. The number of anilines is 1. The lowest BCUT2D eigenvalue weighted by atomic mass is 9.95. The molecule has 6 heteroatoms. The second-order valence-electron chi connectivity index (χ2n) is 9.64. The molecule has 3 aromatic carbocycles. The number of hydrogen-bond acceptors (Lipinski definition) is 5. The quantitative estimate of drug-likeness (QED) is 0.291. The van der Waals surface area contributed by atoms with Crippen LogP contribution in [0.25, 0.3) is 11.0 Å². The third kappa shape index (κ3) is 5.48. The Kier molecular flexibility index (Phi) is 7.17. The Balaban J connectivity index is 1.32. The van der Waals surface area contributed by atoms with Gasteiger partial charge in [0.25, 0.3) is 0 Å². The molecule has 0 bridgehead atoms. The van der Waals surface area contributed by atoms with Gasteiger partial charge in [0, 0.05) is 41.7 Å². The molecule has 5 rings (SSSR count). The van der Waals surface area contributed by atoms with Crippen molar-refractivity contribution < 1.29 is 14.0 Å². The SMILES string of the molecule is C[C@@H](C(=O)N[C@H]1CCCCN(c2cc(=O)oc3ccccc23)C1)c1cccc(C(=O)c2ccccc2)c1. The van der Waals surface area contributed by atoms with Gasteiger partial charge in [-0.3, -0.25) is 9.59 Å². The van der Waals surface area contributed by atoms with E-state index in [1.165, 1.54) is 0 Å². The Morgan fingerprint density at radius 3 is 2.51 bits per heavy atom. The molecule has 0 unspecified atom stereocenters. The summed E-state index contributed by atoms with van der Waals surface area (Å²) in [6.45, 7) is 3.28. The van der Waals surface area contributed by atoms with E-state index in [0.29, 0.717) is 23.3 Å². The highest BCUT2D eigenvalue weighted by molar-refractivity contribution is 6.09. The van der Waals surface area contributed by atoms with Gasteiger partial charge < -0.3 is 14.6 Å². The summed E-state index contributed by atoms with van der Waals surface area (Å²) in [7, 11) is 0. The molecule has 37 heavy (non-hydrogen) atoms. The van der Waals surface area contributed by atoms with Crippen LogP contribution in [0.1, 0.15) is 53.6 Å². The van der Waals surface area contributed by atoms with Crippen LogP contribution in [0, 0.1) is 0 Å². The molecule has 188 valence electrons. The minimum Gasteiger partial charge on any atom is -0.423 e. The Morgan fingerprint density at radius 1 is 0.919 bits per heavy atom. The number of para-hydroxylation sites is 1. The van der Waals surface area contributed by atoms with Gasteiger partial charge in [-0.2, -0.15) is 0 Å². The summed E-state index contributed by atoms with van der Waals surface area (Å²) in [5, 5.41) is 4.12. The van der Waals surface area contributed by atoms with Gasteiger partial charge in [-0.15, -0.1) is 0 Å². The van der Waals surface area contributed by atoms with Gasteiger partial charge in [0.05, 0.1) is 11.6 Å². The minimum absolute atomic E-state index is 0.0578. The minimum atomic E-state index is -0.412. The zero-order chi connectivity index (χ0) is 25.8. The Labute approximate surface area is 215 Å². The lowest BCUT2D eigenvalue weighted by Crippen LogP contribution is -2.44. The molecule has 0 radical (unpaired) electrons. The van der Waals surface area contributed by atoms with Crippen LogP contribution >= 0.6 is 0 Å². The van der Waals surface area contributed by atoms with Crippen molar-refractivity contribution >= 4 is 28.3 Å². The summed E-state index contributed by atoms with van der Waals surface area (Å²) in [4.78, 5) is 40.6. The maximum absolute atomic E-state index is 13.3. The first-order valence-electron chi connectivity index (χ1n) is 12.8. The van der Waals surface area contributed by atoms with Crippen molar-refractivity contribution in [1.29, 1.82) is 0 Å². The summed E-state index contributed by atoms with van der Waals surface area (Å²) in [6.07, 6.45) is 2.82. The number of ketones is 1. The third-order valence-corrected chi connectivity index (χ3v) is 7.06. The van der Waals surface area contributed by atoms with Crippen LogP contribution in [0.5, 0.6) is 0 Å². The van der Waals surface area contributed by atoms with Gasteiger partial charge in [0.1, 0.15) is 5.58 Å². The lowest BCUT2D eigenvalue weighted by molar-refractivity contribution is -0.122. The highest BCUT2D eigenvalue weighted by Crippen LogP contribution is 2.28. The van der Waals surface area contributed by atoms with E-state index in [1.807, 2.05) is 61.5 Å². The molecule has 0 spiro atoms. The van der Waals surface area contributed by atoms with E-state index in [4.69, 9.17) is 4.42 Å². The van der Waals surface area contributed by atoms with Gasteiger partial charge in [0.15, 0.2) is 5.78 Å². The van der Waals surface area contributed by atoms with E-state index in [0.717, 1.165) is 42.4 Å². The van der Waals surface area contributed by atoms with E-state index >= 15 is 0 Å². The van der Waals surface area contributed by atoms with Gasteiger partial charge in [-0.25, -0.2) is 4.79 Å². The third-order valence-electron chi connectivity index (χ3n) is 7.06. The maximum Gasteiger partial charge on any atom is 0.338 e. The standard InChI is InChI=1S/C31H30N2O4/c1-21(23-12-9-13-24(18-23)30(35)22-10-3-2-4-11-22)31(36)32-25-14-7-8-17-33(20-25)27-19-29(34)37-28-16-6-5-15-26(27)28/h2-6,9-13,15-16,18-19,21,25H,7-8,14,17,20H2,1H3,(H,32,36)/t21-,25+/m1/s1. The largest absolute Gasteiger partial charge is 0.423 e. The molecule has 4 aromatic rings. The molecule has 6 nitrogen and oxygen atoms in total. The summed E-state index contributed by atoms with van der Waals surface area (Å²) >= 11 is 0. The van der Waals surface area contributed by atoms with E-state index in [1.54, 1.807) is 30.3 Å². The number of amides is 1. The average molecular weight is 495 g/mol. The van der Waals surface area contributed by atoms with Crippen molar-refractivity contribution in [2.24, 2.45) is 0 Å². The van der Waals surface area contributed by atoms with E-state index in [9.17, 15) is 14.4 Å². The molecule has 1 aliphatic rings. The Morgan fingerprint density at radius 2 is 1.68 bits per heavy atom. The second-order valence-corrected chi connectivity index (χ2v) is 9.64. The second kappa shape index (κ2) is 10.8. The molecule has 0 saturated carbocycles. The normalized spacial score (nSPS) is 16.7. The fourth-order valence-corrected chi connectivity index (χ4v) is 5.02. The van der Waals surface area contributed by atoms with Crippen molar-refractivity contribution in [3.8, 4) is 0 Å². The number of fused-ring (bicyclic) bond motifs is 1. The van der Waals surface area contributed by atoms with Gasteiger partial charge in [-0.1, -0.05) is 60.7 Å². The number of carbonyl (C=O) groups excluding carboxylic acids is 2. The predicted molar refractivity (Wildman–Crippen MR) is 145 cm³/mol. The number of benzene rings is 3. The smallest absolute Gasteiger partial charge is 0.338 e. The molecule has 1 N–H and O–H groups in total. The molecular formula is C31H30N2O4. The van der Waals surface area contributed by atoms with E-state index in [2.05, 4.69) is 10.2 Å². The number of carbonyl (C=O) groups is 2. The zero-order valence-corrected chi connectivity index (χ0v) is 20.9. The lowest BCUT2D eigenvalue weighted by Gasteiger charge is -2.28. The van der Waals surface area contributed by atoms with Crippen LogP contribution in [0.15, 0.2) is 94.1 Å². The summed E-state index contributed by atoms with van der Waals surface area (Å²) in [5.74, 6) is -0.549. The van der Waals surface area contributed by atoms with E-state index < -0.39 is 5.92 Å². The fraction of sp³-hybridized carbons (Fsp3) is 0.258. The molecule has 1 fully saturated rings. The number of hydrogen-bond donors (Lipinski definition) is 1. The molecule has 1 aliphatic heterocycles. The molecule has 1 amide bonds.